The van der Waals surface area contributed by atoms with Crippen molar-refractivity contribution in [2.24, 2.45) is 10.8 Å². The summed E-state index contributed by atoms with van der Waals surface area (Å²) in [6, 6.07) is 1.65. The molecular formula is C20H28F3N7O. The van der Waals surface area contributed by atoms with Crippen molar-refractivity contribution < 1.29 is 13.2 Å². The van der Waals surface area contributed by atoms with Gasteiger partial charge < -0.3 is 15.2 Å². The maximum Gasteiger partial charge on any atom is 0.408 e. The van der Waals surface area contributed by atoms with Gasteiger partial charge in [-0.1, -0.05) is 13.8 Å². The van der Waals surface area contributed by atoms with Gasteiger partial charge in [-0.05, 0) is 19.8 Å². The Morgan fingerprint density at radius 3 is 2.48 bits per heavy atom. The Hall–Kier alpha value is -2.98. The highest BCUT2D eigenvalue weighted by Gasteiger charge is 2.32. The summed E-state index contributed by atoms with van der Waals surface area (Å²) in [4.78, 5) is 14.7. The number of hydrazone groups is 1. The number of anilines is 2. The van der Waals surface area contributed by atoms with E-state index < -0.39 is 12.7 Å². The largest absolute Gasteiger partial charge is 0.408 e. The monoisotopic (exact) mass is 439 g/mol. The standard InChI is InChI=1S/C20H28F3N7O/c1-4-7-29(8-5-2)17-10-15(27-30(17)12-20(21,22)23)14-11-28(6-3)19(31)13-9-16(24)25-26-18(13)14/h10-11,26H,4-9,12H2,1-3H3,(H2,24,25). The highest BCUT2D eigenvalue weighted by atomic mass is 19.4. The molecule has 3 N–H and O–H groups in total. The molecule has 1 aliphatic heterocycles. The Morgan fingerprint density at radius 1 is 1.23 bits per heavy atom. The number of hydrogen-bond donors (Lipinski definition) is 2. The second-order valence-electron chi connectivity index (χ2n) is 7.53. The number of hydrogen-bond acceptors (Lipinski definition) is 6. The first-order valence-corrected chi connectivity index (χ1v) is 10.4. The lowest BCUT2D eigenvalue weighted by atomic mass is 10.0. The summed E-state index contributed by atoms with van der Waals surface area (Å²) in [6.45, 7) is 6.22. The van der Waals surface area contributed by atoms with Crippen molar-refractivity contribution in [2.75, 3.05) is 23.4 Å². The lowest BCUT2D eigenvalue weighted by Gasteiger charge is -2.24. The Labute approximate surface area is 178 Å². The number of halogens is 3. The third-order valence-corrected chi connectivity index (χ3v) is 5.06. The highest BCUT2D eigenvalue weighted by Crippen LogP contribution is 2.34. The second-order valence-corrected chi connectivity index (χ2v) is 7.53. The summed E-state index contributed by atoms with van der Waals surface area (Å²) >= 11 is 0. The maximum atomic E-state index is 13.3. The van der Waals surface area contributed by atoms with Crippen LogP contribution in [0.25, 0.3) is 11.3 Å². The Morgan fingerprint density at radius 2 is 1.90 bits per heavy atom. The van der Waals surface area contributed by atoms with E-state index in [1.165, 1.54) is 4.57 Å². The minimum absolute atomic E-state index is 0.170. The van der Waals surface area contributed by atoms with Gasteiger partial charge in [-0.15, -0.1) is 0 Å². The molecule has 0 saturated heterocycles. The molecule has 31 heavy (non-hydrogen) atoms. The topological polar surface area (TPSA) is 93.5 Å². The van der Waals surface area contributed by atoms with Crippen LogP contribution in [0.1, 0.15) is 39.2 Å². The summed E-state index contributed by atoms with van der Waals surface area (Å²) < 4.78 is 42.4. The third-order valence-electron chi connectivity index (χ3n) is 5.06. The van der Waals surface area contributed by atoms with E-state index in [0.29, 0.717) is 48.0 Å². The number of nitrogens with zero attached hydrogens (tertiary/aromatic N) is 5. The first kappa shape index (κ1) is 22.7. The quantitative estimate of drug-likeness (QED) is 0.659. The van der Waals surface area contributed by atoms with E-state index in [0.717, 1.165) is 17.5 Å². The number of nitrogens with one attached hydrogen (secondary N) is 1. The molecule has 0 atom stereocenters. The molecule has 2 aromatic rings. The molecule has 0 saturated carbocycles. The first-order chi connectivity index (χ1) is 14.7. The molecule has 2 aromatic heterocycles. The smallest absolute Gasteiger partial charge is 0.385 e. The molecule has 0 bridgehead atoms. The number of fused-ring (bicyclic) bond motifs is 1. The fraction of sp³-hybridized carbons (Fsp3) is 0.550. The Bertz CT molecular complexity index is 1020. The Kier molecular flexibility index (Phi) is 6.61. The summed E-state index contributed by atoms with van der Waals surface area (Å²) in [5, 5.41) is 8.31. The van der Waals surface area contributed by atoms with Crippen LogP contribution in [-0.4, -0.2) is 39.4 Å². The van der Waals surface area contributed by atoms with Crippen molar-refractivity contribution in [1.29, 1.82) is 0 Å². The summed E-state index contributed by atoms with van der Waals surface area (Å²) in [7, 11) is 0. The van der Waals surface area contributed by atoms with Gasteiger partial charge in [-0.3, -0.25) is 10.2 Å². The number of pyridine rings is 1. The molecular weight excluding hydrogens is 411 g/mol. The summed E-state index contributed by atoms with van der Waals surface area (Å²) in [6.07, 6.45) is -1.06. The molecule has 1 aliphatic rings. The summed E-state index contributed by atoms with van der Waals surface area (Å²) in [5.74, 6) is 0.669. The van der Waals surface area contributed by atoms with Crippen LogP contribution in [0.5, 0.6) is 0 Å². The van der Waals surface area contributed by atoms with Gasteiger partial charge in [0, 0.05) is 43.9 Å². The van der Waals surface area contributed by atoms with Crippen molar-refractivity contribution >= 4 is 17.3 Å². The molecule has 0 unspecified atom stereocenters. The van der Waals surface area contributed by atoms with Crippen LogP contribution in [0.15, 0.2) is 22.2 Å². The normalized spacial score (nSPS) is 13.5. The van der Waals surface area contributed by atoms with Crippen LogP contribution in [0.4, 0.5) is 24.7 Å². The minimum atomic E-state index is -4.42. The maximum absolute atomic E-state index is 13.3. The second kappa shape index (κ2) is 9.03. The van der Waals surface area contributed by atoms with Crippen molar-refractivity contribution in [3.05, 3.63) is 28.2 Å². The fourth-order valence-corrected chi connectivity index (χ4v) is 3.75. The number of alkyl halides is 3. The first-order valence-electron chi connectivity index (χ1n) is 10.4. The lowest BCUT2D eigenvalue weighted by Crippen LogP contribution is -2.31. The molecule has 3 heterocycles. The van der Waals surface area contributed by atoms with Crippen LogP contribution >= 0.6 is 0 Å². The van der Waals surface area contributed by atoms with Crippen molar-refractivity contribution in [3.63, 3.8) is 0 Å². The predicted molar refractivity (Wildman–Crippen MR) is 115 cm³/mol. The molecule has 0 fully saturated rings. The average Bonchev–Trinajstić information content (AvgIpc) is 3.10. The zero-order valence-corrected chi connectivity index (χ0v) is 18.0. The van der Waals surface area contributed by atoms with Gasteiger partial charge in [-0.25, -0.2) is 4.68 Å². The molecule has 0 radical (unpaired) electrons. The minimum Gasteiger partial charge on any atom is -0.385 e. The number of amidine groups is 1. The average molecular weight is 439 g/mol. The summed E-state index contributed by atoms with van der Waals surface area (Å²) in [5.41, 5.74) is 10.1. The van der Waals surface area contributed by atoms with Gasteiger partial charge in [0.25, 0.3) is 5.56 Å². The fourth-order valence-electron chi connectivity index (χ4n) is 3.75. The zero-order valence-electron chi connectivity index (χ0n) is 18.0. The van der Waals surface area contributed by atoms with E-state index in [4.69, 9.17) is 5.73 Å². The van der Waals surface area contributed by atoms with Crippen LogP contribution in [0, 0.1) is 0 Å². The van der Waals surface area contributed by atoms with Gasteiger partial charge in [-0.2, -0.15) is 23.4 Å². The number of nitrogens with two attached hydrogens (primary N) is 1. The van der Waals surface area contributed by atoms with Crippen molar-refractivity contribution in [2.45, 2.75) is 59.3 Å². The molecule has 0 aliphatic carbocycles. The van der Waals surface area contributed by atoms with Crippen molar-refractivity contribution in [3.8, 4) is 11.3 Å². The predicted octanol–water partition coefficient (Wildman–Crippen LogP) is 3.16. The molecule has 0 aromatic carbocycles. The number of aryl methyl sites for hydroxylation is 1. The molecule has 11 heteroatoms. The zero-order chi connectivity index (χ0) is 22.8. The highest BCUT2D eigenvalue weighted by molar-refractivity contribution is 5.90. The third kappa shape index (κ3) is 4.86. The van der Waals surface area contributed by atoms with E-state index in [9.17, 15) is 18.0 Å². The van der Waals surface area contributed by atoms with Gasteiger partial charge >= 0.3 is 6.18 Å². The van der Waals surface area contributed by atoms with E-state index in [1.54, 1.807) is 12.3 Å². The number of aromatic nitrogens is 3. The lowest BCUT2D eigenvalue weighted by molar-refractivity contribution is -0.142. The van der Waals surface area contributed by atoms with E-state index in [1.807, 2.05) is 25.7 Å². The van der Waals surface area contributed by atoms with Crippen LogP contribution < -0.4 is 21.6 Å². The van der Waals surface area contributed by atoms with Gasteiger partial charge in [0.15, 0.2) is 0 Å². The number of rotatable bonds is 8. The van der Waals surface area contributed by atoms with E-state index in [-0.39, 0.29) is 17.8 Å². The Balaban J connectivity index is 2.19. The molecule has 170 valence electrons. The van der Waals surface area contributed by atoms with Crippen LogP contribution in [0.3, 0.4) is 0 Å². The van der Waals surface area contributed by atoms with Gasteiger partial charge in [0.1, 0.15) is 18.2 Å². The van der Waals surface area contributed by atoms with E-state index >= 15 is 0 Å². The van der Waals surface area contributed by atoms with Crippen LogP contribution in [0.2, 0.25) is 0 Å². The van der Waals surface area contributed by atoms with Gasteiger partial charge in [0.2, 0.25) is 0 Å². The molecule has 8 nitrogen and oxygen atoms in total. The van der Waals surface area contributed by atoms with Crippen molar-refractivity contribution in [1.82, 2.24) is 14.3 Å². The molecule has 0 spiro atoms. The van der Waals surface area contributed by atoms with Gasteiger partial charge in [0.05, 0.1) is 16.9 Å². The van der Waals surface area contributed by atoms with Crippen LogP contribution in [-0.2, 0) is 19.5 Å². The molecule has 0 amide bonds. The van der Waals surface area contributed by atoms with E-state index in [2.05, 4.69) is 15.6 Å². The molecule has 3 rings (SSSR count). The SMILES string of the molecule is CCCN(CCC)c1cc(-c2cn(CC)c(=O)c3c2NN=C(N)C3)nn1CC(F)(F)F.